The van der Waals surface area contributed by atoms with E-state index in [1.165, 1.54) is 4.90 Å². The van der Waals surface area contributed by atoms with Gasteiger partial charge < -0.3 is 14.6 Å². The first-order chi connectivity index (χ1) is 18.8. The average Bonchev–Trinajstić information content (AvgIpc) is 3.21. The number of nitrogens with zero attached hydrogens (tertiary/aromatic N) is 1. The fourth-order valence-corrected chi connectivity index (χ4v) is 4.78. The number of hydrogen-bond acceptors (Lipinski definition) is 5. The van der Waals surface area contributed by atoms with Crippen LogP contribution in [0.4, 0.5) is 5.69 Å². The Balaban J connectivity index is 1.77. The molecule has 1 unspecified atom stereocenters. The van der Waals surface area contributed by atoms with Gasteiger partial charge in [0, 0.05) is 11.3 Å². The second-order valence-electron chi connectivity index (χ2n) is 10.0. The van der Waals surface area contributed by atoms with Crippen molar-refractivity contribution in [2.24, 2.45) is 0 Å². The van der Waals surface area contributed by atoms with Crippen molar-refractivity contribution in [3.8, 4) is 11.5 Å². The highest BCUT2D eigenvalue weighted by Gasteiger charge is 2.47. The van der Waals surface area contributed by atoms with Crippen LogP contribution in [-0.4, -0.2) is 30.0 Å². The summed E-state index contributed by atoms with van der Waals surface area (Å²) in [4.78, 5) is 28.4. The molecule has 3 aromatic rings. The van der Waals surface area contributed by atoms with Gasteiger partial charge >= 0.3 is 0 Å². The van der Waals surface area contributed by atoms with Crippen molar-refractivity contribution in [3.63, 3.8) is 0 Å². The molecule has 1 aliphatic heterocycles. The van der Waals surface area contributed by atoms with Gasteiger partial charge in [0.2, 0.25) is 0 Å². The first-order valence-electron chi connectivity index (χ1n) is 13.7. The van der Waals surface area contributed by atoms with Gasteiger partial charge in [-0.3, -0.25) is 14.5 Å². The Labute approximate surface area is 230 Å². The van der Waals surface area contributed by atoms with E-state index in [1.54, 1.807) is 24.3 Å². The molecule has 0 radical (unpaired) electrons. The summed E-state index contributed by atoms with van der Waals surface area (Å²) in [5, 5.41) is 11.4. The van der Waals surface area contributed by atoms with Gasteiger partial charge in [-0.25, -0.2) is 0 Å². The Morgan fingerprint density at radius 1 is 0.897 bits per heavy atom. The molecule has 204 valence electrons. The fourth-order valence-electron chi connectivity index (χ4n) is 4.78. The summed E-state index contributed by atoms with van der Waals surface area (Å²) in [7, 11) is 0. The third kappa shape index (κ3) is 6.17. The van der Waals surface area contributed by atoms with Crippen LogP contribution in [0, 0.1) is 0 Å². The molecule has 1 N–H and O–H groups in total. The quantitative estimate of drug-likeness (QED) is 0.122. The molecule has 39 heavy (non-hydrogen) atoms. The van der Waals surface area contributed by atoms with Crippen LogP contribution in [0.25, 0.3) is 5.76 Å². The van der Waals surface area contributed by atoms with Crippen LogP contribution in [0.2, 0.25) is 0 Å². The lowest BCUT2D eigenvalue weighted by molar-refractivity contribution is -0.132. The zero-order chi connectivity index (χ0) is 27.9. The SMILES string of the molecule is CCCCCOc1ccc(/C(O)=C2/C(=O)C(=O)N(c3ccc(C(C)C)cc3)C2c2cccc(OCC)c2)cc1. The molecule has 0 saturated carbocycles. The predicted octanol–water partition coefficient (Wildman–Crippen LogP) is 7.40. The molecular weight excluding hydrogens is 490 g/mol. The van der Waals surface area contributed by atoms with E-state index in [0.29, 0.717) is 47.4 Å². The third-order valence-electron chi connectivity index (χ3n) is 6.91. The first-order valence-corrected chi connectivity index (χ1v) is 13.7. The van der Waals surface area contributed by atoms with Crippen molar-refractivity contribution < 1.29 is 24.2 Å². The van der Waals surface area contributed by atoms with Crippen LogP contribution in [0.5, 0.6) is 11.5 Å². The Hall–Kier alpha value is -4.06. The zero-order valence-electron chi connectivity index (χ0n) is 23.1. The topological polar surface area (TPSA) is 76.1 Å². The molecule has 4 rings (SSSR count). The van der Waals surface area contributed by atoms with Crippen molar-refractivity contribution in [1.29, 1.82) is 0 Å². The van der Waals surface area contributed by atoms with Gasteiger partial charge in [-0.2, -0.15) is 0 Å². The molecular formula is C33H37NO5. The van der Waals surface area contributed by atoms with E-state index in [9.17, 15) is 14.7 Å². The second kappa shape index (κ2) is 12.7. The van der Waals surface area contributed by atoms with Gasteiger partial charge in [-0.15, -0.1) is 0 Å². The summed E-state index contributed by atoms with van der Waals surface area (Å²) < 4.78 is 11.5. The van der Waals surface area contributed by atoms with E-state index in [-0.39, 0.29) is 11.3 Å². The number of aliphatic hydroxyl groups is 1. The number of carbonyl (C=O) groups is 2. The smallest absolute Gasteiger partial charge is 0.300 e. The minimum Gasteiger partial charge on any atom is -0.507 e. The van der Waals surface area contributed by atoms with Crippen LogP contribution < -0.4 is 14.4 Å². The lowest BCUT2D eigenvalue weighted by atomic mass is 9.94. The summed E-state index contributed by atoms with van der Waals surface area (Å²) in [6.07, 6.45) is 3.19. The average molecular weight is 528 g/mol. The van der Waals surface area contributed by atoms with E-state index < -0.39 is 17.7 Å². The second-order valence-corrected chi connectivity index (χ2v) is 10.0. The summed E-state index contributed by atoms with van der Waals surface area (Å²) in [6.45, 7) is 9.33. The molecule has 6 heteroatoms. The highest BCUT2D eigenvalue weighted by atomic mass is 16.5. The van der Waals surface area contributed by atoms with Gasteiger partial charge in [0.1, 0.15) is 17.3 Å². The van der Waals surface area contributed by atoms with E-state index in [2.05, 4.69) is 20.8 Å². The summed E-state index contributed by atoms with van der Waals surface area (Å²) >= 11 is 0. The normalized spacial score (nSPS) is 16.6. The van der Waals surface area contributed by atoms with E-state index in [1.807, 2.05) is 55.5 Å². The van der Waals surface area contributed by atoms with Crippen molar-refractivity contribution >= 4 is 23.1 Å². The number of aliphatic hydroxyl groups excluding tert-OH is 1. The van der Waals surface area contributed by atoms with Crippen molar-refractivity contribution in [2.75, 3.05) is 18.1 Å². The molecule has 0 spiro atoms. The van der Waals surface area contributed by atoms with E-state index >= 15 is 0 Å². The predicted molar refractivity (Wildman–Crippen MR) is 154 cm³/mol. The number of ketones is 1. The van der Waals surface area contributed by atoms with Crippen LogP contribution in [0.15, 0.2) is 78.4 Å². The molecule has 1 heterocycles. The molecule has 1 saturated heterocycles. The summed E-state index contributed by atoms with van der Waals surface area (Å²) in [5.41, 5.74) is 2.86. The first kappa shape index (κ1) is 28.0. The van der Waals surface area contributed by atoms with Gasteiger partial charge in [0.05, 0.1) is 24.8 Å². The maximum absolute atomic E-state index is 13.5. The fraction of sp³-hybridized carbons (Fsp3) is 0.333. The minimum atomic E-state index is -0.819. The number of hydrogen-bond donors (Lipinski definition) is 1. The zero-order valence-corrected chi connectivity index (χ0v) is 23.1. The molecule has 1 fully saturated rings. The number of benzene rings is 3. The largest absolute Gasteiger partial charge is 0.507 e. The Kier molecular flexibility index (Phi) is 9.07. The molecule has 1 amide bonds. The highest BCUT2D eigenvalue weighted by Crippen LogP contribution is 2.43. The van der Waals surface area contributed by atoms with Gasteiger partial charge in [-0.05, 0) is 78.9 Å². The Bertz CT molecular complexity index is 1320. The standard InChI is InChI=1S/C33H37NO5/c1-5-7-8-20-39-27-18-14-24(15-19-27)31(35)29-30(25-10-9-11-28(21-25)38-6-2)34(33(37)32(29)36)26-16-12-23(13-17-26)22(3)4/h9-19,21-22,30,35H,5-8,20H2,1-4H3/b31-29-. The highest BCUT2D eigenvalue weighted by molar-refractivity contribution is 6.51. The summed E-state index contributed by atoms with van der Waals surface area (Å²) in [6, 6.07) is 21.1. The Morgan fingerprint density at radius 3 is 2.26 bits per heavy atom. The number of rotatable bonds is 11. The lowest BCUT2D eigenvalue weighted by Gasteiger charge is -2.26. The monoisotopic (exact) mass is 527 g/mol. The number of anilines is 1. The van der Waals surface area contributed by atoms with E-state index in [0.717, 1.165) is 24.8 Å². The van der Waals surface area contributed by atoms with Crippen molar-refractivity contribution in [3.05, 3.63) is 95.1 Å². The van der Waals surface area contributed by atoms with Crippen LogP contribution >= 0.6 is 0 Å². The number of amides is 1. The summed E-state index contributed by atoms with van der Waals surface area (Å²) in [5.74, 6) is 0.00374. The molecule has 0 bridgehead atoms. The van der Waals surface area contributed by atoms with Gasteiger partial charge in [0.15, 0.2) is 0 Å². The van der Waals surface area contributed by atoms with Gasteiger partial charge in [0.25, 0.3) is 11.7 Å². The van der Waals surface area contributed by atoms with Gasteiger partial charge in [-0.1, -0.05) is 57.9 Å². The minimum absolute atomic E-state index is 0.0400. The molecule has 6 nitrogen and oxygen atoms in total. The third-order valence-corrected chi connectivity index (χ3v) is 6.91. The number of Topliss-reactive ketones (excluding diaryl/α,β-unsaturated/α-hetero) is 1. The van der Waals surface area contributed by atoms with Crippen LogP contribution in [-0.2, 0) is 9.59 Å². The lowest BCUT2D eigenvalue weighted by Crippen LogP contribution is -2.29. The Morgan fingerprint density at radius 2 is 1.62 bits per heavy atom. The number of carbonyl (C=O) groups excluding carboxylic acids is 2. The van der Waals surface area contributed by atoms with Crippen LogP contribution in [0.1, 0.15) is 75.6 Å². The number of ether oxygens (including phenoxy) is 2. The molecule has 0 aliphatic carbocycles. The number of unbranched alkanes of at least 4 members (excludes halogenated alkanes) is 2. The van der Waals surface area contributed by atoms with Crippen LogP contribution in [0.3, 0.4) is 0 Å². The van der Waals surface area contributed by atoms with E-state index in [4.69, 9.17) is 9.47 Å². The molecule has 0 aromatic heterocycles. The van der Waals surface area contributed by atoms with Crippen molar-refractivity contribution in [1.82, 2.24) is 0 Å². The van der Waals surface area contributed by atoms with Crippen molar-refractivity contribution in [2.45, 2.75) is 58.9 Å². The molecule has 1 aliphatic rings. The molecule has 1 atom stereocenters. The molecule has 3 aromatic carbocycles. The maximum atomic E-state index is 13.5. The maximum Gasteiger partial charge on any atom is 0.300 e.